The number of carbonyl (C=O) groups is 1. The maximum absolute atomic E-state index is 11.5. The van der Waals surface area contributed by atoms with Gasteiger partial charge in [0, 0.05) is 23.0 Å². The standard InChI is InChI=1S/C16H16ClN5O2/c1-10(16(18)23)22-9-13(21-7-3-6-19-21)15(20-22)12-8-11(17)4-5-14(12)24-2/h3-10H,1-2H3,(H2,18,23). The summed E-state index contributed by atoms with van der Waals surface area (Å²) < 4.78 is 8.58. The van der Waals surface area contributed by atoms with Crippen LogP contribution in [0.2, 0.25) is 5.02 Å². The van der Waals surface area contributed by atoms with Gasteiger partial charge in [0.05, 0.1) is 13.3 Å². The van der Waals surface area contributed by atoms with Crippen molar-refractivity contribution in [3.05, 3.63) is 47.9 Å². The van der Waals surface area contributed by atoms with Crippen molar-refractivity contribution in [1.29, 1.82) is 0 Å². The van der Waals surface area contributed by atoms with E-state index in [1.54, 1.807) is 61.6 Å². The van der Waals surface area contributed by atoms with E-state index in [-0.39, 0.29) is 0 Å². The number of aromatic nitrogens is 4. The Balaban J connectivity index is 2.23. The third-order valence-electron chi connectivity index (χ3n) is 3.69. The summed E-state index contributed by atoms with van der Waals surface area (Å²) >= 11 is 6.13. The second-order valence-corrected chi connectivity index (χ2v) is 5.65. The van der Waals surface area contributed by atoms with Crippen molar-refractivity contribution in [2.75, 3.05) is 7.11 Å². The molecule has 1 atom stereocenters. The maximum atomic E-state index is 11.5. The number of nitrogens with two attached hydrogens (primary N) is 1. The van der Waals surface area contributed by atoms with Gasteiger partial charge in [0.25, 0.3) is 0 Å². The topological polar surface area (TPSA) is 88.0 Å². The average Bonchev–Trinajstić information content (AvgIpc) is 3.23. The van der Waals surface area contributed by atoms with E-state index in [0.717, 1.165) is 0 Å². The molecule has 3 aromatic rings. The molecule has 0 aliphatic carbocycles. The number of methoxy groups -OCH3 is 1. The maximum Gasteiger partial charge on any atom is 0.241 e. The van der Waals surface area contributed by atoms with Gasteiger partial charge in [0.15, 0.2) is 0 Å². The van der Waals surface area contributed by atoms with E-state index in [9.17, 15) is 4.79 Å². The summed E-state index contributed by atoms with van der Waals surface area (Å²) in [5, 5.41) is 9.32. The van der Waals surface area contributed by atoms with Gasteiger partial charge in [-0.1, -0.05) is 11.6 Å². The number of hydrogen-bond donors (Lipinski definition) is 1. The van der Waals surface area contributed by atoms with Crippen LogP contribution in [0, 0.1) is 0 Å². The number of carbonyl (C=O) groups excluding carboxylic acids is 1. The van der Waals surface area contributed by atoms with Crippen LogP contribution in [0.5, 0.6) is 5.75 Å². The van der Waals surface area contributed by atoms with Crippen LogP contribution in [0.3, 0.4) is 0 Å². The third kappa shape index (κ3) is 2.85. The van der Waals surface area contributed by atoms with Crippen molar-refractivity contribution in [1.82, 2.24) is 19.6 Å². The van der Waals surface area contributed by atoms with Crippen LogP contribution < -0.4 is 10.5 Å². The number of ether oxygens (including phenoxy) is 1. The van der Waals surface area contributed by atoms with E-state index in [0.29, 0.717) is 27.7 Å². The van der Waals surface area contributed by atoms with Crippen LogP contribution >= 0.6 is 11.6 Å². The van der Waals surface area contributed by atoms with Gasteiger partial charge in [-0.15, -0.1) is 0 Å². The second-order valence-electron chi connectivity index (χ2n) is 5.22. The van der Waals surface area contributed by atoms with Crippen LogP contribution in [-0.4, -0.2) is 32.6 Å². The van der Waals surface area contributed by atoms with E-state index < -0.39 is 11.9 Å². The lowest BCUT2D eigenvalue weighted by Gasteiger charge is -2.09. The molecule has 8 heteroatoms. The summed E-state index contributed by atoms with van der Waals surface area (Å²) in [6.07, 6.45) is 5.17. The van der Waals surface area contributed by atoms with Crippen molar-refractivity contribution in [2.24, 2.45) is 5.73 Å². The molecule has 1 aromatic carbocycles. The summed E-state index contributed by atoms with van der Waals surface area (Å²) in [6, 6.07) is 6.46. The van der Waals surface area contributed by atoms with E-state index >= 15 is 0 Å². The van der Waals surface area contributed by atoms with Gasteiger partial charge >= 0.3 is 0 Å². The molecule has 24 heavy (non-hydrogen) atoms. The fourth-order valence-electron chi connectivity index (χ4n) is 2.35. The molecule has 1 unspecified atom stereocenters. The first-order valence-electron chi connectivity index (χ1n) is 7.23. The molecule has 2 N–H and O–H groups in total. The van der Waals surface area contributed by atoms with E-state index in [1.165, 1.54) is 4.68 Å². The van der Waals surface area contributed by atoms with Crippen molar-refractivity contribution in [2.45, 2.75) is 13.0 Å². The predicted molar refractivity (Wildman–Crippen MR) is 90.3 cm³/mol. The Morgan fingerprint density at radius 1 is 1.42 bits per heavy atom. The van der Waals surface area contributed by atoms with Gasteiger partial charge < -0.3 is 10.5 Å². The second kappa shape index (κ2) is 6.37. The lowest BCUT2D eigenvalue weighted by molar-refractivity contribution is -0.120. The number of nitrogens with zero attached hydrogens (tertiary/aromatic N) is 4. The zero-order valence-electron chi connectivity index (χ0n) is 13.2. The van der Waals surface area contributed by atoms with Gasteiger partial charge in [-0.3, -0.25) is 9.48 Å². The van der Waals surface area contributed by atoms with Gasteiger partial charge in [-0.2, -0.15) is 10.2 Å². The molecule has 2 aromatic heterocycles. The highest BCUT2D eigenvalue weighted by atomic mass is 35.5. The Morgan fingerprint density at radius 3 is 2.83 bits per heavy atom. The monoisotopic (exact) mass is 345 g/mol. The minimum Gasteiger partial charge on any atom is -0.496 e. The Hall–Kier alpha value is -2.80. The Labute approximate surface area is 143 Å². The van der Waals surface area contributed by atoms with E-state index in [4.69, 9.17) is 22.1 Å². The molecule has 7 nitrogen and oxygen atoms in total. The molecular weight excluding hydrogens is 330 g/mol. The molecule has 1 amide bonds. The third-order valence-corrected chi connectivity index (χ3v) is 3.92. The van der Waals surface area contributed by atoms with Crippen molar-refractivity contribution >= 4 is 17.5 Å². The number of hydrogen-bond acceptors (Lipinski definition) is 4. The van der Waals surface area contributed by atoms with Crippen LogP contribution in [-0.2, 0) is 4.79 Å². The summed E-state index contributed by atoms with van der Waals surface area (Å²) in [5.41, 5.74) is 7.37. The van der Waals surface area contributed by atoms with Crippen molar-refractivity contribution in [3.63, 3.8) is 0 Å². The van der Waals surface area contributed by atoms with E-state index in [1.807, 2.05) is 0 Å². The number of halogens is 1. The molecule has 0 spiro atoms. The van der Waals surface area contributed by atoms with Gasteiger partial charge in [-0.05, 0) is 31.2 Å². The Kier molecular flexibility index (Phi) is 4.26. The quantitative estimate of drug-likeness (QED) is 0.769. The highest BCUT2D eigenvalue weighted by molar-refractivity contribution is 6.31. The SMILES string of the molecule is COc1ccc(Cl)cc1-c1nn(C(C)C(N)=O)cc1-n1cccn1. The van der Waals surface area contributed by atoms with Gasteiger partial charge in [-0.25, -0.2) is 4.68 Å². The highest BCUT2D eigenvalue weighted by Gasteiger charge is 2.21. The van der Waals surface area contributed by atoms with Crippen LogP contribution in [0.15, 0.2) is 42.9 Å². The molecule has 0 bridgehead atoms. The molecule has 124 valence electrons. The molecule has 0 aliphatic rings. The van der Waals surface area contributed by atoms with Crippen molar-refractivity contribution < 1.29 is 9.53 Å². The zero-order valence-corrected chi connectivity index (χ0v) is 13.9. The zero-order chi connectivity index (χ0) is 17.3. The average molecular weight is 346 g/mol. The van der Waals surface area contributed by atoms with Crippen LogP contribution in [0.25, 0.3) is 16.9 Å². The largest absolute Gasteiger partial charge is 0.496 e. The minimum atomic E-state index is -0.599. The molecule has 0 saturated heterocycles. The van der Waals surface area contributed by atoms with E-state index in [2.05, 4.69) is 10.2 Å². The number of benzene rings is 1. The van der Waals surface area contributed by atoms with Gasteiger partial charge in [0.2, 0.25) is 5.91 Å². The fraction of sp³-hybridized carbons (Fsp3) is 0.188. The number of rotatable bonds is 5. The predicted octanol–water partition coefficient (Wildman–Crippen LogP) is 2.44. The molecule has 0 aliphatic heterocycles. The molecule has 0 fully saturated rings. The van der Waals surface area contributed by atoms with Gasteiger partial charge in [0.1, 0.15) is 23.2 Å². The summed E-state index contributed by atoms with van der Waals surface area (Å²) in [6.45, 7) is 1.68. The lowest BCUT2D eigenvalue weighted by atomic mass is 10.1. The highest BCUT2D eigenvalue weighted by Crippen LogP contribution is 2.35. The van der Waals surface area contributed by atoms with Crippen LogP contribution in [0.4, 0.5) is 0 Å². The smallest absolute Gasteiger partial charge is 0.241 e. The Morgan fingerprint density at radius 2 is 2.21 bits per heavy atom. The summed E-state index contributed by atoms with van der Waals surface area (Å²) in [4.78, 5) is 11.5. The first-order chi connectivity index (χ1) is 11.5. The molecule has 0 radical (unpaired) electrons. The first-order valence-corrected chi connectivity index (χ1v) is 7.61. The van der Waals surface area contributed by atoms with Crippen LogP contribution in [0.1, 0.15) is 13.0 Å². The fourth-order valence-corrected chi connectivity index (χ4v) is 2.52. The molecule has 2 heterocycles. The normalized spacial score (nSPS) is 12.1. The minimum absolute atomic E-state index is 0.478. The van der Waals surface area contributed by atoms with Crippen molar-refractivity contribution in [3.8, 4) is 22.7 Å². The number of primary amides is 1. The summed E-state index contributed by atoms with van der Waals surface area (Å²) in [7, 11) is 1.57. The molecule has 0 saturated carbocycles. The lowest BCUT2D eigenvalue weighted by Crippen LogP contribution is -2.24. The first kappa shape index (κ1) is 16.1. The summed E-state index contributed by atoms with van der Waals surface area (Å²) in [5.74, 6) is 0.138. The molecule has 3 rings (SSSR count). The molecular formula is C16H16ClN5O2. The Bertz CT molecular complexity index is 873. The number of amides is 1.